The van der Waals surface area contributed by atoms with Crippen LogP contribution in [-0.2, 0) is 13.1 Å². The highest BCUT2D eigenvalue weighted by atomic mass is 16.7. The lowest BCUT2D eigenvalue weighted by Crippen LogP contribution is -2.25. The van der Waals surface area contributed by atoms with Crippen LogP contribution in [0, 0.1) is 0 Å². The van der Waals surface area contributed by atoms with Crippen molar-refractivity contribution in [1.82, 2.24) is 14.7 Å². The van der Waals surface area contributed by atoms with Gasteiger partial charge in [-0.25, -0.2) is 4.68 Å². The van der Waals surface area contributed by atoms with E-state index in [9.17, 15) is 0 Å². The highest BCUT2D eigenvalue weighted by molar-refractivity contribution is 5.46. The van der Waals surface area contributed by atoms with Gasteiger partial charge in [-0.2, -0.15) is 5.10 Å². The molecule has 1 saturated carbocycles. The molecule has 144 valence electrons. The molecule has 0 spiro atoms. The Hall–Kier alpha value is -2.99. The number of ether oxygens (including phenoxy) is 3. The molecule has 6 nitrogen and oxygen atoms in total. The van der Waals surface area contributed by atoms with E-state index >= 15 is 0 Å². The van der Waals surface area contributed by atoms with Crippen LogP contribution in [0.25, 0.3) is 5.69 Å². The summed E-state index contributed by atoms with van der Waals surface area (Å²) in [6, 6.07) is 15.0. The summed E-state index contributed by atoms with van der Waals surface area (Å²) < 4.78 is 18.4. The van der Waals surface area contributed by atoms with Crippen LogP contribution in [0.2, 0.25) is 0 Å². The molecule has 5 rings (SSSR count). The maximum absolute atomic E-state index is 5.54. The number of hydrogen-bond acceptors (Lipinski definition) is 5. The molecule has 0 saturated heterocycles. The topological polar surface area (TPSA) is 48.8 Å². The number of aromatic nitrogens is 2. The minimum absolute atomic E-state index is 0.308. The summed E-state index contributed by atoms with van der Waals surface area (Å²) in [4.78, 5) is 2.53. The Morgan fingerprint density at radius 3 is 2.79 bits per heavy atom. The molecule has 0 unspecified atom stereocenters. The predicted octanol–water partition coefficient (Wildman–Crippen LogP) is 3.77. The van der Waals surface area contributed by atoms with Crippen LogP contribution in [-0.4, -0.2) is 34.6 Å². The van der Waals surface area contributed by atoms with Crippen LogP contribution in [0.4, 0.5) is 0 Å². The molecule has 3 aromatic rings. The second kappa shape index (κ2) is 7.20. The minimum atomic E-state index is 0.308. The Morgan fingerprint density at radius 1 is 1.11 bits per heavy atom. The summed E-state index contributed by atoms with van der Waals surface area (Å²) in [6.45, 7) is 2.02. The first-order valence-electron chi connectivity index (χ1n) is 9.59. The summed E-state index contributed by atoms with van der Waals surface area (Å²) in [6.07, 6.45) is 6.27. The lowest BCUT2D eigenvalue weighted by atomic mass is 10.1. The Bertz CT molecular complexity index is 967. The number of nitrogens with zero attached hydrogens (tertiary/aromatic N) is 3. The molecule has 1 fully saturated rings. The molecule has 2 aliphatic rings. The fourth-order valence-corrected chi connectivity index (χ4v) is 3.70. The van der Waals surface area contributed by atoms with Gasteiger partial charge in [0, 0.05) is 31.5 Å². The van der Waals surface area contributed by atoms with Gasteiger partial charge < -0.3 is 14.2 Å². The van der Waals surface area contributed by atoms with Gasteiger partial charge in [-0.1, -0.05) is 6.07 Å². The lowest BCUT2D eigenvalue weighted by Gasteiger charge is -2.24. The summed E-state index contributed by atoms with van der Waals surface area (Å²) in [7, 11) is 1.71. The van der Waals surface area contributed by atoms with Gasteiger partial charge in [-0.05, 0) is 60.4 Å². The van der Waals surface area contributed by atoms with E-state index in [1.165, 1.54) is 24.0 Å². The normalized spacial score (nSPS) is 15.2. The summed E-state index contributed by atoms with van der Waals surface area (Å²) in [5, 5.41) is 4.42. The highest BCUT2D eigenvalue weighted by Crippen LogP contribution is 2.35. The molecule has 0 bridgehead atoms. The minimum Gasteiger partial charge on any atom is -0.497 e. The smallest absolute Gasteiger partial charge is 0.231 e. The van der Waals surface area contributed by atoms with Gasteiger partial charge in [-0.15, -0.1) is 0 Å². The molecule has 0 radical (unpaired) electrons. The maximum Gasteiger partial charge on any atom is 0.231 e. The molecule has 0 amide bonds. The summed E-state index contributed by atoms with van der Waals surface area (Å²) >= 11 is 0. The van der Waals surface area contributed by atoms with Gasteiger partial charge in [0.1, 0.15) is 5.75 Å². The van der Waals surface area contributed by atoms with Gasteiger partial charge in [0.05, 0.1) is 12.8 Å². The van der Waals surface area contributed by atoms with E-state index in [2.05, 4.69) is 34.3 Å². The molecule has 1 aliphatic carbocycles. The van der Waals surface area contributed by atoms with E-state index in [1.807, 2.05) is 29.1 Å². The van der Waals surface area contributed by atoms with Crippen LogP contribution < -0.4 is 14.2 Å². The standard InChI is InChI=1S/C22H23N3O3/c1-26-19-6-7-20(25-10-2-9-23-25)17(12-19)14-24(18-4-5-18)13-16-3-8-21-22(11-16)28-15-27-21/h2-3,6-12,18H,4-5,13-15H2,1H3. The third-order valence-corrected chi connectivity index (χ3v) is 5.30. The zero-order valence-corrected chi connectivity index (χ0v) is 15.9. The van der Waals surface area contributed by atoms with Crippen LogP contribution in [0.5, 0.6) is 17.2 Å². The largest absolute Gasteiger partial charge is 0.497 e. The Labute approximate surface area is 164 Å². The molecule has 0 N–H and O–H groups in total. The first kappa shape index (κ1) is 17.1. The Morgan fingerprint density at radius 2 is 2.00 bits per heavy atom. The molecule has 2 heterocycles. The van der Waals surface area contributed by atoms with Crippen molar-refractivity contribution < 1.29 is 14.2 Å². The van der Waals surface area contributed by atoms with Gasteiger partial charge >= 0.3 is 0 Å². The van der Waals surface area contributed by atoms with Crippen LogP contribution >= 0.6 is 0 Å². The molecule has 1 aromatic heterocycles. The van der Waals surface area contributed by atoms with Gasteiger partial charge in [0.2, 0.25) is 6.79 Å². The van der Waals surface area contributed by atoms with E-state index in [0.717, 1.165) is 36.0 Å². The molecular weight excluding hydrogens is 354 g/mol. The number of rotatable bonds is 7. The van der Waals surface area contributed by atoms with Crippen LogP contribution in [0.15, 0.2) is 54.9 Å². The van der Waals surface area contributed by atoms with Crippen molar-refractivity contribution >= 4 is 0 Å². The van der Waals surface area contributed by atoms with E-state index in [0.29, 0.717) is 12.8 Å². The van der Waals surface area contributed by atoms with E-state index in [-0.39, 0.29) is 0 Å². The van der Waals surface area contributed by atoms with Crippen molar-refractivity contribution in [2.45, 2.75) is 32.0 Å². The zero-order valence-electron chi connectivity index (χ0n) is 15.9. The molecule has 0 atom stereocenters. The number of methoxy groups -OCH3 is 1. The van der Waals surface area contributed by atoms with Crippen LogP contribution in [0.1, 0.15) is 24.0 Å². The van der Waals surface area contributed by atoms with Gasteiger partial charge in [0.25, 0.3) is 0 Å². The lowest BCUT2D eigenvalue weighted by molar-refractivity contribution is 0.174. The molecule has 1 aliphatic heterocycles. The Balaban J connectivity index is 1.42. The Kier molecular flexibility index (Phi) is 4.41. The third-order valence-electron chi connectivity index (χ3n) is 5.30. The fourth-order valence-electron chi connectivity index (χ4n) is 3.70. The average Bonchev–Trinajstić information content (AvgIpc) is 3.23. The number of benzene rings is 2. The van der Waals surface area contributed by atoms with Gasteiger partial charge in [0.15, 0.2) is 11.5 Å². The average molecular weight is 377 g/mol. The maximum atomic E-state index is 5.54. The van der Waals surface area contributed by atoms with Gasteiger partial charge in [-0.3, -0.25) is 4.90 Å². The summed E-state index contributed by atoms with van der Waals surface area (Å²) in [5.41, 5.74) is 3.53. The zero-order chi connectivity index (χ0) is 18.9. The van der Waals surface area contributed by atoms with Crippen molar-refractivity contribution in [2.75, 3.05) is 13.9 Å². The van der Waals surface area contributed by atoms with Crippen molar-refractivity contribution in [3.8, 4) is 22.9 Å². The first-order valence-corrected chi connectivity index (χ1v) is 9.59. The monoisotopic (exact) mass is 377 g/mol. The number of fused-ring (bicyclic) bond motifs is 1. The first-order chi connectivity index (χ1) is 13.8. The van der Waals surface area contributed by atoms with Crippen molar-refractivity contribution in [3.63, 3.8) is 0 Å². The van der Waals surface area contributed by atoms with Crippen molar-refractivity contribution in [2.24, 2.45) is 0 Å². The summed E-state index contributed by atoms with van der Waals surface area (Å²) in [5.74, 6) is 2.53. The van der Waals surface area contributed by atoms with E-state index in [1.54, 1.807) is 13.3 Å². The van der Waals surface area contributed by atoms with E-state index in [4.69, 9.17) is 14.2 Å². The molecule has 28 heavy (non-hydrogen) atoms. The molecule has 2 aromatic carbocycles. The molecular formula is C22H23N3O3. The fraction of sp³-hybridized carbons (Fsp3) is 0.318. The number of hydrogen-bond donors (Lipinski definition) is 0. The highest BCUT2D eigenvalue weighted by Gasteiger charge is 2.30. The van der Waals surface area contributed by atoms with Crippen molar-refractivity contribution in [3.05, 3.63) is 66.0 Å². The van der Waals surface area contributed by atoms with E-state index < -0.39 is 0 Å². The third kappa shape index (κ3) is 3.43. The van der Waals surface area contributed by atoms with Crippen LogP contribution in [0.3, 0.4) is 0 Å². The second-order valence-electron chi connectivity index (χ2n) is 7.27. The SMILES string of the molecule is COc1ccc(-n2cccn2)c(CN(Cc2ccc3c(c2)OCO3)C2CC2)c1. The van der Waals surface area contributed by atoms with Crippen molar-refractivity contribution in [1.29, 1.82) is 0 Å². The quantitative estimate of drug-likeness (QED) is 0.627. The predicted molar refractivity (Wildman–Crippen MR) is 105 cm³/mol. The molecule has 6 heteroatoms. The second-order valence-corrected chi connectivity index (χ2v) is 7.27.